The van der Waals surface area contributed by atoms with E-state index in [0.29, 0.717) is 16.4 Å². The molecule has 2 nitrogen and oxygen atoms in total. The minimum atomic E-state index is 0.455. The molecule has 0 aliphatic carbocycles. The van der Waals surface area contributed by atoms with Gasteiger partial charge in [0.05, 0.1) is 22.1 Å². The molecule has 0 bridgehead atoms. The average Bonchev–Trinajstić information content (AvgIpc) is 2.49. The van der Waals surface area contributed by atoms with Crippen molar-refractivity contribution >= 4 is 34.7 Å². The molecule has 4 heteroatoms. The monoisotopic (exact) mass is 312 g/mol. The number of aliphatic imine (C=N–C) groups is 1. The molecule has 104 valence electrons. The van der Waals surface area contributed by atoms with Crippen LogP contribution in [0.5, 0.6) is 0 Å². The number of benzene rings is 1. The largest absolute Gasteiger partial charge is 0.244 e. The maximum absolute atomic E-state index is 6.11. The first-order valence-corrected chi connectivity index (χ1v) is 7.36. The van der Waals surface area contributed by atoms with E-state index in [1.165, 1.54) is 5.56 Å². The first kappa shape index (κ1) is 15.4. The van der Waals surface area contributed by atoms with Gasteiger partial charge in [-0.25, -0.2) is 4.98 Å². The van der Waals surface area contributed by atoms with Gasteiger partial charge in [-0.1, -0.05) is 43.0 Å². The van der Waals surface area contributed by atoms with Crippen LogP contribution in [0.3, 0.4) is 0 Å². The molecule has 1 heterocycles. The molecule has 0 aliphatic rings. The number of isothiocyanates is 1. The Morgan fingerprint density at radius 3 is 2.62 bits per heavy atom. The number of aryl methyl sites for hydroxylation is 1. The van der Waals surface area contributed by atoms with Crippen LogP contribution in [0.4, 0.5) is 5.69 Å². The molecular formula is C17H13ClN2S. The smallest absolute Gasteiger partial charge is 0.132 e. The van der Waals surface area contributed by atoms with Crippen LogP contribution >= 0.6 is 23.8 Å². The molecule has 0 spiro atoms. The van der Waals surface area contributed by atoms with Crippen molar-refractivity contribution in [2.45, 2.75) is 19.8 Å². The lowest BCUT2D eigenvalue weighted by atomic mass is 10.1. The molecule has 0 saturated carbocycles. The fourth-order valence-corrected chi connectivity index (χ4v) is 2.12. The topological polar surface area (TPSA) is 25.2 Å². The molecule has 0 unspecified atom stereocenters. The number of hydrogen-bond acceptors (Lipinski definition) is 3. The fraction of sp³-hybridized carbons (Fsp3) is 0.176. The van der Waals surface area contributed by atoms with E-state index in [-0.39, 0.29) is 0 Å². The van der Waals surface area contributed by atoms with Crippen LogP contribution < -0.4 is 0 Å². The number of halogens is 1. The summed E-state index contributed by atoms with van der Waals surface area (Å²) in [4.78, 5) is 8.00. The minimum absolute atomic E-state index is 0.455. The van der Waals surface area contributed by atoms with Gasteiger partial charge in [0, 0.05) is 5.56 Å². The van der Waals surface area contributed by atoms with Crippen LogP contribution in [-0.2, 0) is 6.42 Å². The van der Waals surface area contributed by atoms with Gasteiger partial charge in [0.1, 0.15) is 5.69 Å². The lowest BCUT2D eigenvalue weighted by molar-refractivity contribution is 0.922. The molecule has 1 aromatic carbocycles. The average molecular weight is 313 g/mol. The summed E-state index contributed by atoms with van der Waals surface area (Å²) in [6.45, 7) is 2.17. The van der Waals surface area contributed by atoms with E-state index < -0.39 is 0 Å². The number of thiocarbonyl (C=S) groups is 1. The Balaban J connectivity index is 2.20. The SMILES string of the molecule is CCCc1ccc(C#Cc2ncc(N=C=S)cc2Cl)cc1. The van der Waals surface area contributed by atoms with Gasteiger partial charge in [0.15, 0.2) is 0 Å². The third-order valence-electron chi connectivity index (χ3n) is 2.82. The number of hydrogen-bond donors (Lipinski definition) is 0. The highest BCUT2D eigenvalue weighted by Gasteiger charge is 2.00. The fourth-order valence-electron chi connectivity index (χ4n) is 1.81. The predicted octanol–water partition coefficient (Wildman–Crippen LogP) is 4.82. The summed E-state index contributed by atoms with van der Waals surface area (Å²) < 4.78 is 0. The predicted molar refractivity (Wildman–Crippen MR) is 90.4 cm³/mol. The normalized spacial score (nSPS) is 9.43. The zero-order valence-corrected chi connectivity index (χ0v) is 13.1. The van der Waals surface area contributed by atoms with E-state index in [4.69, 9.17) is 11.6 Å². The van der Waals surface area contributed by atoms with Crippen molar-refractivity contribution in [1.82, 2.24) is 4.98 Å². The number of pyridine rings is 1. The summed E-state index contributed by atoms with van der Waals surface area (Å²) in [6.07, 6.45) is 3.80. The highest BCUT2D eigenvalue weighted by Crippen LogP contribution is 2.19. The van der Waals surface area contributed by atoms with Gasteiger partial charge in [-0.15, -0.1) is 0 Å². The zero-order valence-electron chi connectivity index (χ0n) is 11.6. The third kappa shape index (κ3) is 4.51. The van der Waals surface area contributed by atoms with Gasteiger partial charge in [-0.05, 0) is 48.3 Å². The quantitative estimate of drug-likeness (QED) is 0.461. The molecular weight excluding hydrogens is 300 g/mol. The van der Waals surface area contributed by atoms with Gasteiger partial charge in [-0.2, -0.15) is 4.99 Å². The van der Waals surface area contributed by atoms with Gasteiger partial charge in [-0.3, -0.25) is 0 Å². The van der Waals surface area contributed by atoms with E-state index in [2.05, 4.69) is 58.3 Å². The second-order valence-corrected chi connectivity index (χ2v) is 5.01. The van der Waals surface area contributed by atoms with Crippen LogP contribution in [0.15, 0.2) is 41.5 Å². The molecule has 2 rings (SSSR count). The highest BCUT2D eigenvalue weighted by molar-refractivity contribution is 7.78. The van der Waals surface area contributed by atoms with Crippen molar-refractivity contribution in [2.75, 3.05) is 0 Å². The summed E-state index contributed by atoms with van der Waals surface area (Å²) >= 11 is 10.6. The standard InChI is InChI=1S/C17H13ClN2S/c1-2-3-13-4-6-14(7-5-13)8-9-17-16(18)10-15(11-19-17)20-12-21/h4-7,10-11H,2-3H2,1H3. The van der Waals surface area contributed by atoms with Crippen LogP contribution in [0.1, 0.15) is 30.2 Å². The van der Waals surface area contributed by atoms with Crippen molar-refractivity contribution in [1.29, 1.82) is 0 Å². The van der Waals surface area contributed by atoms with Crippen molar-refractivity contribution in [3.05, 3.63) is 58.4 Å². The van der Waals surface area contributed by atoms with E-state index in [1.807, 2.05) is 12.1 Å². The lowest BCUT2D eigenvalue weighted by Crippen LogP contribution is -1.85. The summed E-state index contributed by atoms with van der Waals surface area (Å²) in [7, 11) is 0. The summed E-state index contributed by atoms with van der Waals surface area (Å²) in [6, 6.07) is 9.88. The maximum Gasteiger partial charge on any atom is 0.132 e. The van der Waals surface area contributed by atoms with Crippen LogP contribution in [0, 0.1) is 11.8 Å². The first-order chi connectivity index (χ1) is 10.2. The van der Waals surface area contributed by atoms with E-state index >= 15 is 0 Å². The molecule has 21 heavy (non-hydrogen) atoms. The Bertz CT molecular complexity index is 736. The Morgan fingerprint density at radius 2 is 2.00 bits per heavy atom. The van der Waals surface area contributed by atoms with E-state index in [0.717, 1.165) is 18.4 Å². The van der Waals surface area contributed by atoms with Crippen LogP contribution in [0.2, 0.25) is 5.02 Å². The summed E-state index contributed by atoms with van der Waals surface area (Å²) in [5.41, 5.74) is 3.36. The third-order valence-corrected chi connectivity index (χ3v) is 3.20. The molecule has 0 aliphatic heterocycles. The highest BCUT2D eigenvalue weighted by atomic mass is 35.5. The summed E-state index contributed by atoms with van der Waals surface area (Å²) in [5, 5.41) is 2.73. The Labute approximate surface area is 134 Å². The van der Waals surface area contributed by atoms with Crippen molar-refractivity contribution in [2.24, 2.45) is 4.99 Å². The molecule has 0 N–H and O–H groups in total. The zero-order chi connectivity index (χ0) is 15.1. The first-order valence-electron chi connectivity index (χ1n) is 6.57. The van der Waals surface area contributed by atoms with Gasteiger partial charge in [0.2, 0.25) is 0 Å². The second-order valence-electron chi connectivity index (χ2n) is 4.42. The van der Waals surface area contributed by atoms with E-state index in [1.54, 1.807) is 12.3 Å². The maximum atomic E-state index is 6.11. The van der Waals surface area contributed by atoms with Crippen molar-refractivity contribution in [3.63, 3.8) is 0 Å². The van der Waals surface area contributed by atoms with Crippen molar-refractivity contribution < 1.29 is 0 Å². The molecule has 0 saturated heterocycles. The van der Waals surface area contributed by atoms with Crippen LogP contribution in [-0.4, -0.2) is 10.1 Å². The molecule has 0 fully saturated rings. The summed E-state index contributed by atoms with van der Waals surface area (Å²) in [5.74, 6) is 6.03. The number of aromatic nitrogens is 1. The lowest BCUT2D eigenvalue weighted by Gasteiger charge is -1.98. The molecule has 0 amide bonds. The van der Waals surface area contributed by atoms with Gasteiger partial charge in [0.25, 0.3) is 0 Å². The minimum Gasteiger partial charge on any atom is -0.244 e. The number of nitrogens with zero attached hydrogens (tertiary/aromatic N) is 2. The van der Waals surface area contributed by atoms with E-state index in [9.17, 15) is 0 Å². The van der Waals surface area contributed by atoms with Gasteiger partial charge < -0.3 is 0 Å². The Hall–Kier alpha value is -1.98. The molecule has 2 aromatic rings. The van der Waals surface area contributed by atoms with Crippen LogP contribution in [0.25, 0.3) is 0 Å². The van der Waals surface area contributed by atoms with Gasteiger partial charge >= 0.3 is 0 Å². The van der Waals surface area contributed by atoms with Crippen molar-refractivity contribution in [3.8, 4) is 11.8 Å². The Morgan fingerprint density at radius 1 is 1.24 bits per heavy atom. The molecule has 1 aromatic heterocycles. The second kappa shape index (κ2) is 7.71. The number of rotatable bonds is 3. The molecule has 0 atom stereocenters. The molecule has 0 radical (unpaired) electrons. The Kier molecular flexibility index (Phi) is 5.66.